The van der Waals surface area contributed by atoms with Gasteiger partial charge in [0.15, 0.2) is 11.5 Å². The zero-order valence-corrected chi connectivity index (χ0v) is 17.8. The van der Waals surface area contributed by atoms with Crippen molar-refractivity contribution in [3.63, 3.8) is 0 Å². The van der Waals surface area contributed by atoms with E-state index in [1.54, 1.807) is 25.3 Å². The normalized spacial score (nSPS) is 15.4. The van der Waals surface area contributed by atoms with E-state index in [9.17, 15) is 14.0 Å². The number of nitrogens with zero attached hydrogens (tertiary/aromatic N) is 1. The van der Waals surface area contributed by atoms with E-state index in [1.165, 1.54) is 30.2 Å². The van der Waals surface area contributed by atoms with Gasteiger partial charge in [-0.05, 0) is 41.5 Å². The first-order valence-electron chi connectivity index (χ1n) is 10.1. The van der Waals surface area contributed by atoms with Crippen molar-refractivity contribution < 1.29 is 23.5 Å². The first kappa shape index (κ1) is 21.4. The minimum absolute atomic E-state index is 0.0433. The highest BCUT2D eigenvalue weighted by molar-refractivity contribution is 5.97. The van der Waals surface area contributed by atoms with E-state index < -0.39 is 11.9 Å². The van der Waals surface area contributed by atoms with Gasteiger partial charge in [-0.15, -0.1) is 0 Å². The summed E-state index contributed by atoms with van der Waals surface area (Å²) in [5.74, 6) is 0.0336. The van der Waals surface area contributed by atoms with E-state index in [-0.39, 0.29) is 24.8 Å². The third-order valence-corrected chi connectivity index (χ3v) is 5.45. The van der Waals surface area contributed by atoms with Crippen LogP contribution in [0.1, 0.15) is 22.7 Å². The molecule has 4 rings (SSSR count). The highest BCUT2D eigenvalue weighted by Crippen LogP contribution is 2.37. The van der Waals surface area contributed by atoms with Crippen molar-refractivity contribution in [3.05, 3.63) is 89.2 Å². The number of hydrogen-bond donors (Lipinski definition) is 1. The maximum absolute atomic E-state index is 14.2. The molecule has 7 heteroatoms. The van der Waals surface area contributed by atoms with Gasteiger partial charge in [-0.1, -0.05) is 36.4 Å². The molecule has 0 spiro atoms. The molecule has 1 N–H and O–H groups in total. The second-order valence-corrected chi connectivity index (χ2v) is 7.48. The van der Waals surface area contributed by atoms with E-state index in [2.05, 4.69) is 5.32 Å². The Labute approximate surface area is 185 Å². The van der Waals surface area contributed by atoms with Gasteiger partial charge in [0.2, 0.25) is 11.8 Å². The molecule has 1 heterocycles. The van der Waals surface area contributed by atoms with Gasteiger partial charge in [-0.3, -0.25) is 9.59 Å². The molecule has 0 aliphatic carbocycles. The topological polar surface area (TPSA) is 67.9 Å². The number of fused-ring (bicyclic) bond motifs is 1. The Morgan fingerprint density at radius 3 is 2.50 bits per heavy atom. The van der Waals surface area contributed by atoms with Crippen molar-refractivity contribution in [1.82, 2.24) is 4.90 Å². The third-order valence-electron chi connectivity index (χ3n) is 5.45. The third kappa shape index (κ3) is 4.27. The fourth-order valence-corrected chi connectivity index (χ4v) is 3.97. The Morgan fingerprint density at radius 1 is 1.03 bits per heavy atom. The molecule has 0 saturated carbocycles. The van der Waals surface area contributed by atoms with E-state index in [1.807, 2.05) is 30.3 Å². The average Bonchev–Trinajstić information content (AvgIpc) is 2.95. The van der Waals surface area contributed by atoms with Gasteiger partial charge < -0.3 is 19.7 Å². The molecule has 1 aliphatic rings. The Kier molecular flexibility index (Phi) is 6.07. The van der Waals surface area contributed by atoms with E-state index >= 15 is 0 Å². The summed E-state index contributed by atoms with van der Waals surface area (Å²) < 4.78 is 24.8. The maximum atomic E-state index is 14.2. The van der Waals surface area contributed by atoms with Crippen molar-refractivity contribution in [2.45, 2.75) is 12.5 Å². The largest absolute Gasteiger partial charge is 0.493 e. The smallest absolute Gasteiger partial charge is 0.244 e. The summed E-state index contributed by atoms with van der Waals surface area (Å²) in [7, 11) is 3.07. The van der Waals surface area contributed by atoms with Gasteiger partial charge in [0, 0.05) is 11.3 Å². The van der Waals surface area contributed by atoms with Crippen LogP contribution in [0.2, 0.25) is 0 Å². The number of halogens is 1. The van der Waals surface area contributed by atoms with Crippen LogP contribution in [-0.4, -0.2) is 37.5 Å². The Balaban J connectivity index is 1.75. The van der Waals surface area contributed by atoms with Gasteiger partial charge in [-0.25, -0.2) is 4.39 Å². The number of hydrogen-bond acceptors (Lipinski definition) is 4. The zero-order chi connectivity index (χ0) is 22.7. The van der Waals surface area contributed by atoms with Crippen LogP contribution in [-0.2, 0) is 16.0 Å². The van der Waals surface area contributed by atoms with Crippen LogP contribution in [0, 0.1) is 5.82 Å². The summed E-state index contributed by atoms with van der Waals surface area (Å²) in [4.78, 5) is 27.6. The summed E-state index contributed by atoms with van der Waals surface area (Å²) in [6.45, 7) is -0.151. The molecular formula is C25H23FN2O4. The molecule has 0 radical (unpaired) electrons. The van der Waals surface area contributed by atoms with Crippen molar-refractivity contribution in [3.8, 4) is 11.5 Å². The molecule has 0 unspecified atom stereocenters. The average molecular weight is 434 g/mol. The van der Waals surface area contributed by atoms with Crippen molar-refractivity contribution in [2.24, 2.45) is 0 Å². The number of nitrogens with one attached hydrogen (secondary N) is 1. The van der Waals surface area contributed by atoms with Crippen LogP contribution in [0.25, 0.3) is 0 Å². The molecule has 3 aromatic rings. The predicted octanol–water partition coefficient (Wildman–Crippen LogP) is 3.96. The Morgan fingerprint density at radius 2 is 1.78 bits per heavy atom. The quantitative estimate of drug-likeness (QED) is 0.660. The molecule has 6 nitrogen and oxygen atoms in total. The molecule has 164 valence electrons. The molecular weight excluding hydrogens is 411 g/mol. The standard InChI is InChI=1S/C25H23FN2O4/c1-31-21-11-8-16(12-22(21)32-2)13-24(30)28-15-23(29)27-20-10-9-18(26)14-19(20)25(28)17-6-4-3-5-7-17/h3-12,14,25H,13,15H2,1-2H3,(H,27,29)/t25-/m0/s1. The summed E-state index contributed by atoms with van der Waals surface area (Å²) >= 11 is 0. The van der Waals surface area contributed by atoms with Gasteiger partial charge >= 0.3 is 0 Å². The SMILES string of the molecule is COc1ccc(CC(=O)N2CC(=O)Nc3ccc(F)cc3[C@@H]2c2ccccc2)cc1OC. The van der Waals surface area contributed by atoms with Crippen LogP contribution in [0.4, 0.5) is 10.1 Å². The number of anilines is 1. The fourth-order valence-electron chi connectivity index (χ4n) is 3.97. The number of rotatable bonds is 5. The number of ether oxygens (including phenoxy) is 2. The lowest BCUT2D eigenvalue weighted by molar-refractivity contribution is -0.135. The van der Waals surface area contributed by atoms with Crippen LogP contribution < -0.4 is 14.8 Å². The Bertz CT molecular complexity index is 1150. The lowest BCUT2D eigenvalue weighted by Gasteiger charge is -2.30. The van der Waals surface area contributed by atoms with Crippen LogP contribution in [0.5, 0.6) is 11.5 Å². The summed E-state index contributed by atoms with van der Waals surface area (Å²) in [5.41, 5.74) is 2.52. The highest BCUT2D eigenvalue weighted by Gasteiger charge is 2.33. The molecule has 0 bridgehead atoms. The number of benzene rings is 3. The van der Waals surface area contributed by atoms with Crippen LogP contribution in [0.15, 0.2) is 66.7 Å². The first-order chi connectivity index (χ1) is 15.5. The maximum Gasteiger partial charge on any atom is 0.244 e. The molecule has 3 aromatic carbocycles. The molecule has 0 fully saturated rings. The highest BCUT2D eigenvalue weighted by atomic mass is 19.1. The summed E-state index contributed by atoms with van der Waals surface area (Å²) in [5, 5.41) is 2.80. The van der Waals surface area contributed by atoms with E-state index in [4.69, 9.17) is 9.47 Å². The van der Waals surface area contributed by atoms with E-state index in [0.717, 1.165) is 5.56 Å². The predicted molar refractivity (Wildman–Crippen MR) is 118 cm³/mol. The summed E-state index contributed by atoms with van der Waals surface area (Å²) in [6, 6.07) is 18.1. The lowest BCUT2D eigenvalue weighted by Crippen LogP contribution is -2.39. The van der Waals surface area contributed by atoms with Gasteiger partial charge in [0.25, 0.3) is 0 Å². The lowest BCUT2D eigenvalue weighted by atomic mass is 9.95. The summed E-state index contributed by atoms with van der Waals surface area (Å²) in [6.07, 6.45) is 0.0433. The molecule has 0 saturated heterocycles. The van der Waals surface area contributed by atoms with Crippen LogP contribution >= 0.6 is 0 Å². The number of carbonyl (C=O) groups is 2. The first-order valence-corrected chi connectivity index (χ1v) is 10.1. The molecule has 0 aromatic heterocycles. The van der Waals surface area contributed by atoms with Gasteiger partial charge in [-0.2, -0.15) is 0 Å². The second kappa shape index (κ2) is 9.09. The monoisotopic (exact) mass is 434 g/mol. The molecule has 32 heavy (non-hydrogen) atoms. The van der Waals surface area contributed by atoms with Crippen LogP contribution in [0.3, 0.4) is 0 Å². The minimum Gasteiger partial charge on any atom is -0.493 e. The van der Waals surface area contributed by atoms with Crippen molar-refractivity contribution in [2.75, 3.05) is 26.1 Å². The molecule has 1 atom stereocenters. The fraction of sp³-hybridized carbons (Fsp3) is 0.200. The number of methoxy groups -OCH3 is 2. The Hall–Kier alpha value is -3.87. The molecule has 2 amide bonds. The second-order valence-electron chi connectivity index (χ2n) is 7.48. The van der Waals surface area contributed by atoms with Gasteiger partial charge in [0.05, 0.1) is 26.7 Å². The number of carbonyl (C=O) groups excluding carboxylic acids is 2. The number of amides is 2. The molecule has 1 aliphatic heterocycles. The minimum atomic E-state index is -0.617. The van der Waals surface area contributed by atoms with E-state index in [0.29, 0.717) is 28.3 Å². The van der Waals surface area contributed by atoms with Crippen molar-refractivity contribution in [1.29, 1.82) is 0 Å². The van der Waals surface area contributed by atoms with Gasteiger partial charge in [0.1, 0.15) is 12.4 Å². The zero-order valence-electron chi connectivity index (χ0n) is 17.8. The van der Waals surface area contributed by atoms with Crippen molar-refractivity contribution >= 4 is 17.5 Å².